The lowest BCUT2D eigenvalue weighted by Gasteiger charge is -2.17. The highest BCUT2D eigenvalue weighted by atomic mass is 32.2. The van der Waals surface area contributed by atoms with Crippen LogP contribution in [0.25, 0.3) is 0 Å². The predicted octanol–water partition coefficient (Wildman–Crippen LogP) is 2.69. The van der Waals surface area contributed by atoms with E-state index in [2.05, 4.69) is 0 Å². The molecule has 106 valence electrons. The third-order valence-corrected chi connectivity index (χ3v) is 4.93. The Kier molecular flexibility index (Phi) is 4.52. The molecule has 0 N–H and O–H groups in total. The SMILES string of the molecule is CN(CCc1cccc(F)c1)S(=O)(=O)c1ccccc1. The Morgan fingerprint density at radius 1 is 1.05 bits per heavy atom. The molecule has 0 aliphatic carbocycles. The molecule has 0 unspecified atom stereocenters. The van der Waals surface area contributed by atoms with Crippen molar-refractivity contribution < 1.29 is 12.8 Å². The van der Waals surface area contributed by atoms with Crippen LogP contribution < -0.4 is 0 Å². The quantitative estimate of drug-likeness (QED) is 0.850. The summed E-state index contributed by atoms with van der Waals surface area (Å²) < 4.78 is 38.9. The van der Waals surface area contributed by atoms with Crippen molar-refractivity contribution in [3.8, 4) is 0 Å². The second-order valence-corrected chi connectivity index (χ2v) is 6.56. The van der Waals surface area contributed by atoms with Crippen LogP contribution >= 0.6 is 0 Å². The molecule has 20 heavy (non-hydrogen) atoms. The monoisotopic (exact) mass is 293 g/mol. The molecule has 0 saturated heterocycles. The Labute approximate surface area is 118 Å². The second kappa shape index (κ2) is 6.15. The van der Waals surface area contributed by atoms with E-state index in [1.807, 2.05) is 0 Å². The number of sulfonamides is 1. The highest BCUT2D eigenvalue weighted by Crippen LogP contribution is 2.14. The van der Waals surface area contributed by atoms with Crippen LogP contribution in [0.15, 0.2) is 59.5 Å². The maximum atomic E-state index is 13.1. The van der Waals surface area contributed by atoms with E-state index in [1.165, 1.54) is 23.5 Å². The molecule has 0 radical (unpaired) electrons. The van der Waals surface area contributed by atoms with Gasteiger partial charge < -0.3 is 0 Å². The van der Waals surface area contributed by atoms with Gasteiger partial charge in [0, 0.05) is 13.6 Å². The number of nitrogens with zero attached hydrogens (tertiary/aromatic N) is 1. The van der Waals surface area contributed by atoms with Crippen LogP contribution in [0.3, 0.4) is 0 Å². The van der Waals surface area contributed by atoms with Gasteiger partial charge >= 0.3 is 0 Å². The van der Waals surface area contributed by atoms with Crippen molar-refractivity contribution in [2.45, 2.75) is 11.3 Å². The summed E-state index contributed by atoms with van der Waals surface area (Å²) >= 11 is 0. The Morgan fingerprint density at radius 3 is 2.40 bits per heavy atom. The van der Waals surface area contributed by atoms with Crippen molar-refractivity contribution >= 4 is 10.0 Å². The molecule has 3 nitrogen and oxygen atoms in total. The zero-order valence-corrected chi connectivity index (χ0v) is 12.0. The molecule has 0 aliphatic heterocycles. The number of hydrogen-bond donors (Lipinski definition) is 0. The van der Waals surface area contributed by atoms with Gasteiger partial charge in [0.05, 0.1) is 4.90 Å². The standard InChI is InChI=1S/C15H16FNO2S/c1-17(11-10-13-6-5-7-14(16)12-13)20(18,19)15-8-3-2-4-9-15/h2-9,12H,10-11H2,1H3. The molecule has 0 aliphatic rings. The van der Waals surface area contributed by atoms with Gasteiger partial charge in [-0.25, -0.2) is 17.1 Å². The Balaban J connectivity index is 2.07. The lowest BCUT2D eigenvalue weighted by atomic mass is 10.1. The van der Waals surface area contributed by atoms with Crippen molar-refractivity contribution in [3.05, 3.63) is 66.0 Å². The first kappa shape index (κ1) is 14.7. The first-order valence-corrected chi connectivity index (χ1v) is 7.70. The van der Waals surface area contributed by atoms with Crippen LogP contribution in [0.1, 0.15) is 5.56 Å². The van der Waals surface area contributed by atoms with Gasteiger partial charge in [0.15, 0.2) is 0 Å². The summed E-state index contributed by atoms with van der Waals surface area (Å²) in [7, 11) is -1.95. The molecule has 0 atom stereocenters. The molecule has 0 fully saturated rings. The Hall–Kier alpha value is -1.72. The molecule has 2 aromatic rings. The largest absolute Gasteiger partial charge is 0.242 e. The highest BCUT2D eigenvalue weighted by Gasteiger charge is 2.19. The average Bonchev–Trinajstić information content (AvgIpc) is 2.45. The van der Waals surface area contributed by atoms with E-state index < -0.39 is 10.0 Å². The summed E-state index contributed by atoms with van der Waals surface area (Å²) in [6, 6.07) is 14.5. The maximum Gasteiger partial charge on any atom is 0.242 e. The van der Waals surface area contributed by atoms with E-state index in [1.54, 1.807) is 42.5 Å². The third-order valence-electron chi connectivity index (χ3n) is 3.06. The average molecular weight is 293 g/mol. The molecule has 0 bridgehead atoms. The van der Waals surface area contributed by atoms with Gasteiger partial charge in [-0.1, -0.05) is 30.3 Å². The summed E-state index contributed by atoms with van der Waals surface area (Å²) in [6.07, 6.45) is 0.473. The number of rotatable bonds is 5. The van der Waals surface area contributed by atoms with Crippen LogP contribution in [0.4, 0.5) is 4.39 Å². The fourth-order valence-electron chi connectivity index (χ4n) is 1.87. The predicted molar refractivity (Wildman–Crippen MR) is 76.4 cm³/mol. The van der Waals surface area contributed by atoms with E-state index in [4.69, 9.17) is 0 Å². The van der Waals surface area contributed by atoms with Crippen LogP contribution in [0.2, 0.25) is 0 Å². The van der Waals surface area contributed by atoms with E-state index in [0.29, 0.717) is 13.0 Å². The Morgan fingerprint density at radius 2 is 1.75 bits per heavy atom. The number of hydrogen-bond acceptors (Lipinski definition) is 2. The van der Waals surface area contributed by atoms with Crippen molar-refractivity contribution in [1.82, 2.24) is 4.31 Å². The zero-order chi connectivity index (χ0) is 14.6. The molecule has 0 aromatic heterocycles. The minimum absolute atomic E-state index is 0.266. The second-order valence-electron chi connectivity index (χ2n) is 4.52. The number of likely N-dealkylation sites (N-methyl/N-ethyl adjacent to an activating group) is 1. The summed E-state index contributed by atoms with van der Waals surface area (Å²) in [5.74, 6) is -0.309. The van der Waals surface area contributed by atoms with Crippen LogP contribution in [-0.2, 0) is 16.4 Å². The van der Waals surface area contributed by atoms with Crippen LogP contribution in [0.5, 0.6) is 0 Å². The smallest absolute Gasteiger partial charge is 0.207 e. The van der Waals surface area contributed by atoms with E-state index >= 15 is 0 Å². The topological polar surface area (TPSA) is 37.4 Å². The van der Waals surface area contributed by atoms with Crippen molar-refractivity contribution in [3.63, 3.8) is 0 Å². The fraction of sp³-hybridized carbons (Fsp3) is 0.200. The molecular weight excluding hydrogens is 277 g/mol. The summed E-state index contributed by atoms with van der Waals surface area (Å²) in [5.41, 5.74) is 0.778. The number of benzene rings is 2. The van der Waals surface area contributed by atoms with Gasteiger partial charge in [0.2, 0.25) is 10.0 Å². The van der Waals surface area contributed by atoms with Gasteiger partial charge in [0.1, 0.15) is 5.82 Å². The normalized spacial score (nSPS) is 11.8. The van der Waals surface area contributed by atoms with Gasteiger partial charge in [-0.3, -0.25) is 0 Å². The summed E-state index contributed by atoms with van der Waals surface area (Å²) in [5, 5.41) is 0. The molecular formula is C15H16FNO2S. The first-order valence-electron chi connectivity index (χ1n) is 6.26. The number of halogens is 1. The summed E-state index contributed by atoms with van der Waals surface area (Å²) in [6.45, 7) is 0.306. The van der Waals surface area contributed by atoms with Crippen LogP contribution in [-0.4, -0.2) is 26.3 Å². The van der Waals surface area contributed by atoms with Gasteiger partial charge in [-0.2, -0.15) is 0 Å². The van der Waals surface area contributed by atoms with E-state index in [9.17, 15) is 12.8 Å². The molecule has 2 aromatic carbocycles. The lowest BCUT2D eigenvalue weighted by molar-refractivity contribution is 0.472. The highest BCUT2D eigenvalue weighted by molar-refractivity contribution is 7.89. The van der Waals surface area contributed by atoms with Crippen molar-refractivity contribution in [1.29, 1.82) is 0 Å². The summed E-state index contributed by atoms with van der Waals surface area (Å²) in [4.78, 5) is 0.266. The maximum absolute atomic E-state index is 13.1. The van der Waals surface area contributed by atoms with Crippen LogP contribution in [0, 0.1) is 5.82 Å². The van der Waals surface area contributed by atoms with Gasteiger partial charge in [0.25, 0.3) is 0 Å². The third kappa shape index (κ3) is 3.43. The molecule has 2 rings (SSSR count). The molecule has 0 saturated carbocycles. The Bertz CT molecular complexity index is 671. The van der Waals surface area contributed by atoms with Crippen molar-refractivity contribution in [2.24, 2.45) is 0 Å². The minimum atomic E-state index is -3.48. The van der Waals surface area contributed by atoms with Gasteiger partial charge in [-0.05, 0) is 36.2 Å². The fourth-order valence-corrected chi connectivity index (χ4v) is 3.06. The molecule has 0 amide bonds. The van der Waals surface area contributed by atoms with Gasteiger partial charge in [-0.15, -0.1) is 0 Å². The minimum Gasteiger partial charge on any atom is -0.207 e. The molecule has 0 heterocycles. The first-order chi connectivity index (χ1) is 9.50. The molecule has 5 heteroatoms. The lowest BCUT2D eigenvalue weighted by Crippen LogP contribution is -2.29. The molecule has 0 spiro atoms. The van der Waals surface area contributed by atoms with Crippen molar-refractivity contribution in [2.75, 3.05) is 13.6 Å². The zero-order valence-electron chi connectivity index (χ0n) is 11.2. The van der Waals surface area contributed by atoms with E-state index in [-0.39, 0.29) is 10.7 Å². The van der Waals surface area contributed by atoms with E-state index in [0.717, 1.165) is 5.56 Å².